The van der Waals surface area contributed by atoms with Gasteiger partial charge in [-0.25, -0.2) is 0 Å². The van der Waals surface area contributed by atoms with E-state index in [2.05, 4.69) is 43.0 Å². The minimum Gasteiger partial charge on any atom is -0.389 e. The molecule has 0 spiro atoms. The monoisotopic (exact) mass is 264 g/mol. The van der Waals surface area contributed by atoms with Crippen molar-refractivity contribution in [3.63, 3.8) is 0 Å². The Morgan fingerprint density at radius 3 is 2.16 bits per heavy atom. The van der Waals surface area contributed by atoms with Gasteiger partial charge < -0.3 is 10.8 Å². The summed E-state index contributed by atoms with van der Waals surface area (Å²) in [6.07, 6.45) is 0. The Bertz CT molecular complexity index is 379. The molecular formula is C16H28N2O. The van der Waals surface area contributed by atoms with Gasteiger partial charge in [0.05, 0.1) is 5.60 Å². The van der Waals surface area contributed by atoms with E-state index in [1.165, 1.54) is 11.1 Å². The summed E-state index contributed by atoms with van der Waals surface area (Å²) in [7, 11) is 0. The van der Waals surface area contributed by atoms with Crippen LogP contribution < -0.4 is 5.73 Å². The van der Waals surface area contributed by atoms with Crippen LogP contribution in [0.25, 0.3) is 0 Å². The number of benzene rings is 1. The van der Waals surface area contributed by atoms with E-state index in [0.717, 1.165) is 6.54 Å². The summed E-state index contributed by atoms with van der Waals surface area (Å²) in [6.45, 7) is 11.4. The molecule has 0 aliphatic rings. The number of likely N-dealkylation sites (N-methyl/N-ethyl adjacent to an activating group) is 1. The zero-order valence-electron chi connectivity index (χ0n) is 12.9. The number of aliphatic hydroxyl groups is 1. The summed E-state index contributed by atoms with van der Waals surface area (Å²) in [6, 6.07) is 8.65. The fourth-order valence-corrected chi connectivity index (χ4v) is 2.51. The van der Waals surface area contributed by atoms with Crippen LogP contribution in [0.15, 0.2) is 24.3 Å². The zero-order valence-corrected chi connectivity index (χ0v) is 12.9. The predicted molar refractivity (Wildman–Crippen MR) is 81.1 cm³/mol. The lowest BCUT2D eigenvalue weighted by Crippen LogP contribution is -2.45. The molecule has 0 heterocycles. The molecule has 3 nitrogen and oxygen atoms in total. The van der Waals surface area contributed by atoms with E-state index in [9.17, 15) is 5.11 Å². The largest absolute Gasteiger partial charge is 0.389 e. The molecule has 1 rings (SSSR count). The number of aryl methyl sites for hydroxylation is 1. The molecule has 19 heavy (non-hydrogen) atoms. The lowest BCUT2D eigenvalue weighted by Gasteiger charge is -2.37. The van der Waals surface area contributed by atoms with Crippen molar-refractivity contribution in [2.75, 3.05) is 13.1 Å². The Morgan fingerprint density at radius 2 is 1.79 bits per heavy atom. The molecule has 3 heteroatoms. The fraction of sp³-hybridized carbons (Fsp3) is 0.625. The Morgan fingerprint density at radius 1 is 1.26 bits per heavy atom. The van der Waals surface area contributed by atoms with Crippen molar-refractivity contribution in [1.82, 2.24) is 4.90 Å². The minimum atomic E-state index is -0.714. The molecule has 1 aromatic carbocycles. The van der Waals surface area contributed by atoms with E-state index in [-0.39, 0.29) is 12.1 Å². The lowest BCUT2D eigenvalue weighted by atomic mass is 9.96. The maximum absolute atomic E-state index is 10.1. The third-order valence-corrected chi connectivity index (χ3v) is 3.31. The smallest absolute Gasteiger partial charge is 0.0718 e. The third-order valence-electron chi connectivity index (χ3n) is 3.31. The van der Waals surface area contributed by atoms with Gasteiger partial charge in [-0.2, -0.15) is 0 Å². The second-order valence-corrected chi connectivity index (χ2v) is 6.09. The second-order valence-electron chi connectivity index (χ2n) is 6.09. The maximum atomic E-state index is 10.1. The summed E-state index contributed by atoms with van der Waals surface area (Å²) < 4.78 is 0. The molecule has 0 amide bonds. The SMILES string of the molecule is CCN(CC(C)(C)O)C(c1ccc(C)cc1)C(C)N. The number of nitrogens with two attached hydrogens (primary N) is 1. The van der Waals surface area contributed by atoms with Crippen LogP contribution in [-0.4, -0.2) is 34.7 Å². The summed E-state index contributed by atoms with van der Waals surface area (Å²) in [5.74, 6) is 0. The van der Waals surface area contributed by atoms with Crippen LogP contribution in [0.4, 0.5) is 0 Å². The van der Waals surface area contributed by atoms with Gasteiger partial charge in [0.2, 0.25) is 0 Å². The number of nitrogens with zero attached hydrogens (tertiary/aromatic N) is 1. The molecule has 0 bridgehead atoms. The van der Waals surface area contributed by atoms with Crippen molar-refractivity contribution in [2.24, 2.45) is 5.73 Å². The van der Waals surface area contributed by atoms with Gasteiger partial charge in [-0.05, 0) is 39.8 Å². The van der Waals surface area contributed by atoms with E-state index in [1.54, 1.807) is 0 Å². The van der Waals surface area contributed by atoms with Gasteiger partial charge >= 0.3 is 0 Å². The topological polar surface area (TPSA) is 49.5 Å². The van der Waals surface area contributed by atoms with Gasteiger partial charge in [0, 0.05) is 18.6 Å². The van der Waals surface area contributed by atoms with Crippen LogP contribution in [0, 0.1) is 6.92 Å². The van der Waals surface area contributed by atoms with Crippen molar-refractivity contribution in [3.8, 4) is 0 Å². The normalized spacial score (nSPS) is 15.6. The molecule has 3 N–H and O–H groups in total. The Labute approximate surface area is 117 Å². The van der Waals surface area contributed by atoms with E-state index >= 15 is 0 Å². The van der Waals surface area contributed by atoms with Gasteiger partial charge in [0.1, 0.15) is 0 Å². The van der Waals surface area contributed by atoms with Crippen LogP contribution in [-0.2, 0) is 0 Å². The molecule has 0 fully saturated rings. The molecule has 2 unspecified atom stereocenters. The standard InChI is InChI=1S/C16H28N2O/c1-6-18(11-16(4,5)19)15(13(3)17)14-9-7-12(2)8-10-14/h7-10,13,15,19H,6,11,17H2,1-5H3. The maximum Gasteiger partial charge on any atom is 0.0718 e. The minimum absolute atomic E-state index is 0.0185. The van der Waals surface area contributed by atoms with Crippen LogP contribution in [0.3, 0.4) is 0 Å². The quantitative estimate of drug-likeness (QED) is 0.830. The molecule has 0 radical (unpaired) electrons. The van der Waals surface area contributed by atoms with Crippen LogP contribution in [0.1, 0.15) is 44.9 Å². The zero-order chi connectivity index (χ0) is 14.6. The van der Waals surface area contributed by atoms with Crippen molar-refractivity contribution in [1.29, 1.82) is 0 Å². The Balaban J connectivity index is 3.01. The van der Waals surface area contributed by atoms with Crippen molar-refractivity contribution in [3.05, 3.63) is 35.4 Å². The summed E-state index contributed by atoms with van der Waals surface area (Å²) in [5, 5.41) is 10.1. The van der Waals surface area contributed by atoms with Crippen LogP contribution in [0.2, 0.25) is 0 Å². The first-order valence-electron chi connectivity index (χ1n) is 7.03. The molecule has 0 saturated heterocycles. The molecule has 2 atom stereocenters. The molecule has 0 saturated carbocycles. The summed E-state index contributed by atoms with van der Waals surface area (Å²) >= 11 is 0. The Hall–Kier alpha value is -0.900. The van der Waals surface area contributed by atoms with E-state index in [1.807, 2.05) is 20.8 Å². The first kappa shape index (κ1) is 16.2. The highest BCUT2D eigenvalue weighted by molar-refractivity contribution is 5.25. The van der Waals surface area contributed by atoms with Gasteiger partial charge in [0.25, 0.3) is 0 Å². The van der Waals surface area contributed by atoms with Crippen LogP contribution in [0.5, 0.6) is 0 Å². The molecule has 0 aliphatic heterocycles. The average Bonchev–Trinajstić information content (AvgIpc) is 2.28. The second kappa shape index (κ2) is 6.51. The first-order chi connectivity index (χ1) is 8.74. The molecular weight excluding hydrogens is 236 g/mol. The van der Waals surface area contributed by atoms with Gasteiger partial charge in [-0.15, -0.1) is 0 Å². The van der Waals surface area contributed by atoms with Crippen LogP contribution >= 0.6 is 0 Å². The highest BCUT2D eigenvalue weighted by Gasteiger charge is 2.27. The molecule has 1 aromatic rings. The van der Waals surface area contributed by atoms with Gasteiger partial charge in [0.15, 0.2) is 0 Å². The van der Waals surface area contributed by atoms with E-state index in [4.69, 9.17) is 5.73 Å². The number of hydrogen-bond acceptors (Lipinski definition) is 3. The number of hydrogen-bond donors (Lipinski definition) is 2. The molecule has 108 valence electrons. The average molecular weight is 264 g/mol. The first-order valence-corrected chi connectivity index (χ1v) is 7.03. The number of rotatable bonds is 6. The highest BCUT2D eigenvalue weighted by atomic mass is 16.3. The molecule has 0 aromatic heterocycles. The molecule has 0 aliphatic carbocycles. The van der Waals surface area contributed by atoms with Crippen molar-refractivity contribution >= 4 is 0 Å². The van der Waals surface area contributed by atoms with Crippen molar-refractivity contribution < 1.29 is 5.11 Å². The predicted octanol–water partition coefficient (Wildman–Crippen LogP) is 2.48. The highest BCUT2D eigenvalue weighted by Crippen LogP contribution is 2.25. The Kier molecular flexibility index (Phi) is 5.53. The summed E-state index contributed by atoms with van der Waals surface area (Å²) in [5.41, 5.74) is 7.93. The summed E-state index contributed by atoms with van der Waals surface area (Å²) in [4.78, 5) is 2.25. The van der Waals surface area contributed by atoms with Gasteiger partial charge in [-0.1, -0.05) is 36.8 Å². The lowest BCUT2D eigenvalue weighted by molar-refractivity contribution is 0.0187. The van der Waals surface area contributed by atoms with Crippen molar-refractivity contribution in [2.45, 2.75) is 52.3 Å². The van der Waals surface area contributed by atoms with E-state index < -0.39 is 5.60 Å². The third kappa shape index (κ3) is 4.94. The fourth-order valence-electron chi connectivity index (χ4n) is 2.51. The van der Waals surface area contributed by atoms with Gasteiger partial charge in [-0.3, -0.25) is 4.90 Å². The van der Waals surface area contributed by atoms with E-state index in [0.29, 0.717) is 6.54 Å².